The maximum Gasteiger partial charge on any atom is 0.256 e. The fourth-order valence-electron chi connectivity index (χ4n) is 3.34. The van der Waals surface area contributed by atoms with Gasteiger partial charge in [0, 0.05) is 24.8 Å². The molecule has 5 nitrogen and oxygen atoms in total. The Hall–Kier alpha value is -2.92. The fraction of sp³-hybridized carbons (Fsp3) is 0.238. The molecule has 1 amide bonds. The molecule has 132 valence electrons. The Morgan fingerprint density at radius 2 is 2.15 bits per heavy atom. The summed E-state index contributed by atoms with van der Waals surface area (Å²) in [6, 6.07) is 14.3. The second-order valence-electron chi connectivity index (χ2n) is 6.78. The minimum Gasteiger partial charge on any atom is -0.331 e. The van der Waals surface area contributed by atoms with Crippen LogP contribution in [0.2, 0.25) is 0 Å². The van der Waals surface area contributed by atoms with Crippen LogP contribution in [0.4, 0.5) is 5.82 Å². The Labute approximate surface area is 153 Å². The third kappa shape index (κ3) is 3.68. The summed E-state index contributed by atoms with van der Waals surface area (Å²) in [7, 11) is 0. The summed E-state index contributed by atoms with van der Waals surface area (Å²) in [6.07, 6.45) is 4.62. The van der Waals surface area contributed by atoms with E-state index < -0.39 is 0 Å². The summed E-state index contributed by atoms with van der Waals surface area (Å²) in [4.78, 5) is 16.8. The highest BCUT2D eigenvalue weighted by Gasteiger charge is 2.13. The van der Waals surface area contributed by atoms with E-state index in [0.717, 1.165) is 26.1 Å². The number of rotatable bonds is 4. The third-order valence-electron chi connectivity index (χ3n) is 4.68. The van der Waals surface area contributed by atoms with Crippen molar-refractivity contribution in [3.8, 4) is 0 Å². The van der Waals surface area contributed by atoms with E-state index in [9.17, 15) is 4.79 Å². The molecule has 0 unspecified atom stereocenters. The Kier molecular flexibility index (Phi) is 4.54. The van der Waals surface area contributed by atoms with Crippen LogP contribution in [-0.2, 0) is 19.5 Å². The average molecular weight is 346 g/mol. The standard InChI is InChI=1S/C21H22N4O/c1-15-3-2-4-16(9-15)12-25-13-20(23-14-25)24-21(26)18-6-5-17-7-8-22-11-19(17)10-18/h2-6,9-10,13-14,22H,7-8,11-12H2,1H3,(H,24,26). The highest BCUT2D eigenvalue weighted by Crippen LogP contribution is 2.17. The molecule has 0 atom stereocenters. The summed E-state index contributed by atoms with van der Waals surface area (Å²) in [6.45, 7) is 4.63. The van der Waals surface area contributed by atoms with Gasteiger partial charge in [-0.1, -0.05) is 35.9 Å². The number of hydrogen-bond donors (Lipinski definition) is 2. The molecule has 1 aliphatic rings. The van der Waals surface area contributed by atoms with Crippen molar-refractivity contribution in [3.05, 3.63) is 82.8 Å². The minimum atomic E-state index is -0.126. The first-order valence-corrected chi connectivity index (χ1v) is 8.88. The molecule has 4 rings (SSSR count). The first-order valence-electron chi connectivity index (χ1n) is 8.88. The van der Waals surface area contributed by atoms with E-state index in [0.29, 0.717) is 11.4 Å². The van der Waals surface area contributed by atoms with Crippen LogP contribution in [-0.4, -0.2) is 22.0 Å². The fourth-order valence-corrected chi connectivity index (χ4v) is 3.34. The SMILES string of the molecule is Cc1cccc(Cn2cnc(NC(=O)c3ccc4c(c3)CNCC4)c2)c1. The topological polar surface area (TPSA) is 59.0 Å². The molecule has 1 aliphatic heterocycles. The lowest BCUT2D eigenvalue weighted by Gasteiger charge is -2.17. The van der Waals surface area contributed by atoms with Gasteiger partial charge in [-0.05, 0) is 48.7 Å². The molecule has 0 saturated carbocycles. The maximum atomic E-state index is 12.5. The molecule has 0 radical (unpaired) electrons. The van der Waals surface area contributed by atoms with Gasteiger partial charge >= 0.3 is 0 Å². The van der Waals surface area contributed by atoms with Crippen molar-refractivity contribution in [2.75, 3.05) is 11.9 Å². The van der Waals surface area contributed by atoms with Gasteiger partial charge in [-0.3, -0.25) is 4.79 Å². The summed E-state index contributed by atoms with van der Waals surface area (Å²) in [5.74, 6) is 0.442. The van der Waals surface area contributed by atoms with Crippen LogP contribution < -0.4 is 10.6 Å². The molecular formula is C21H22N4O. The number of carbonyl (C=O) groups excluding carboxylic acids is 1. The van der Waals surface area contributed by atoms with E-state index in [1.165, 1.54) is 22.3 Å². The molecule has 0 aliphatic carbocycles. The van der Waals surface area contributed by atoms with Crippen LogP contribution in [0.5, 0.6) is 0 Å². The number of hydrogen-bond acceptors (Lipinski definition) is 3. The molecule has 26 heavy (non-hydrogen) atoms. The minimum absolute atomic E-state index is 0.126. The number of carbonyl (C=O) groups is 1. The van der Waals surface area contributed by atoms with Gasteiger partial charge in [-0.25, -0.2) is 4.98 Å². The van der Waals surface area contributed by atoms with Crippen LogP contribution in [0.1, 0.15) is 32.6 Å². The molecule has 0 spiro atoms. The maximum absolute atomic E-state index is 12.5. The first-order chi connectivity index (χ1) is 12.7. The van der Waals surface area contributed by atoms with Crippen molar-refractivity contribution in [1.29, 1.82) is 0 Å². The Morgan fingerprint density at radius 3 is 3.04 bits per heavy atom. The van der Waals surface area contributed by atoms with Gasteiger partial charge in [-0.2, -0.15) is 0 Å². The Morgan fingerprint density at radius 1 is 1.23 bits per heavy atom. The molecule has 0 fully saturated rings. The van der Waals surface area contributed by atoms with E-state index in [1.54, 1.807) is 6.33 Å². The second-order valence-corrected chi connectivity index (χ2v) is 6.78. The Balaban J connectivity index is 1.44. The highest BCUT2D eigenvalue weighted by atomic mass is 16.1. The predicted octanol–water partition coefficient (Wildman–Crippen LogP) is 3.14. The van der Waals surface area contributed by atoms with Crippen molar-refractivity contribution in [1.82, 2.24) is 14.9 Å². The van der Waals surface area contributed by atoms with Gasteiger partial charge in [0.15, 0.2) is 5.82 Å². The van der Waals surface area contributed by atoms with Gasteiger partial charge in [0.05, 0.1) is 6.33 Å². The van der Waals surface area contributed by atoms with E-state index >= 15 is 0 Å². The quantitative estimate of drug-likeness (QED) is 0.763. The lowest BCUT2D eigenvalue weighted by molar-refractivity contribution is 0.102. The number of nitrogens with one attached hydrogen (secondary N) is 2. The summed E-state index contributed by atoms with van der Waals surface area (Å²) < 4.78 is 1.97. The normalized spacial score (nSPS) is 13.3. The van der Waals surface area contributed by atoms with Crippen LogP contribution >= 0.6 is 0 Å². The number of imidazole rings is 1. The lowest BCUT2D eigenvalue weighted by Crippen LogP contribution is -2.24. The van der Waals surface area contributed by atoms with Crippen molar-refractivity contribution < 1.29 is 4.79 Å². The molecular weight excluding hydrogens is 324 g/mol. The molecule has 3 aromatic rings. The zero-order valence-electron chi connectivity index (χ0n) is 14.8. The number of benzene rings is 2. The van der Waals surface area contributed by atoms with Crippen LogP contribution in [0.15, 0.2) is 55.0 Å². The van der Waals surface area contributed by atoms with Gasteiger partial charge in [0.1, 0.15) is 0 Å². The summed E-state index contributed by atoms with van der Waals surface area (Å²) >= 11 is 0. The van der Waals surface area contributed by atoms with Gasteiger partial charge < -0.3 is 15.2 Å². The zero-order chi connectivity index (χ0) is 17.9. The molecule has 2 N–H and O–H groups in total. The number of nitrogens with zero attached hydrogens (tertiary/aromatic N) is 2. The smallest absolute Gasteiger partial charge is 0.256 e. The number of aryl methyl sites for hydroxylation is 1. The predicted molar refractivity (Wildman–Crippen MR) is 102 cm³/mol. The van der Waals surface area contributed by atoms with Gasteiger partial charge in [0.25, 0.3) is 5.91 Å². The molecule has 1 aromatic heterocycles. The van der Waals surface area contributed by atoms with Gasteiger partial charge in [0.2, 0.25) is 0 Å². The summed E-state index contributed by atoms with van der Waals surface area (Å²) in [5.41, 5.74) is 5.64. The van der Waals surface area contributed by atoms with Crippen molar-refractivity contribution in [2.24, 2.45) is 0 Å². The molecule has 2 heterocycles. The Bertz CT molecular complexity index is 945. The number of amides is 1. The number of anilines is 1. The first kappa shape index (κ1) is 16.5. The van der Waals surface area contributed by atoms with Crippen LogP contribution in [0.3, 0.4) is 0 Å². The van der Waals surface area contributed by atoms with Crippen LogP contribution in [0.25, 0.3) is 0 Å². The molecule has 2 aromatic carbocycles. The zero-order valence-corrected chi connectivity index (χ0v) is 14.8. The van der Waals surface area contributed by atoms with Crippen molar-refractivity contribution >= 4 is 11.7 Å². The molecule has 0 bridgehead atoms. The largest absolute Gasteiger partial charge is 0.331 e. The molecule has 5 heteroatoms. The van der Waals surface area contributed by atoms with E-state index in [1.807, 2.05) is 22.9 Å². The van der Waals surface area contributed by atoms with E-state index in [2.05, 4.69) is 52.9 Å². The molecule has 0 saturated heterocycles. The average Bonchev–Trinajstić information content (AvgIpc) is 3.08. The van der Waals surface area contributed by atoms with Crippen molar-refractivity contribution in [2.45, 2.75) is 26.4 Å². The van der Waals surface area contributed by atoms with E-state index in [-0.39, 0.29) is 5.91 Å². The number of fused-ring (bicyclic) bond motifs is 1. The van der Waals surface area contributed by atoms with Crippen molar-refractivity contribution in [3.63, 3.8) is 0 Å². The lowest BCUT2D eigenvalue weighted by atomic mass is 9.98. The third-order valence-corrected chi connectivity index (χ3v) is 4.68. The van der Waals surface area contributed by atoms with Crippen LogP contribution in [0, 0.1) is 6.92 Å². The highest BCUT2D eigenvalue weighted by molar-refractivity contribution is 6.03. The second kappa shape index (κ2) is 7.14. The number of aromatic nitrogens is 2. The summed E-state index contributed by atoms with van der Waals surface area (Å²) in [5, 5.41) is 6.23. The van der Waals surface area contributed by atoms with E-state index in [4.69, 9.17) is 0 Å². The van der Waals surface area contributed by atoms with Gasteiger partial charge in [-0.15, -0.1) is 0 Å². The monoisotopic (exact) mass is 346 g/mol.